The SMILES string of the molecule is O=C(CCc1c[nH]c2ccccc12)NCCS(=O)(=O)N1CCc2ccccc21. The third-order valence-electron chi connectivity index (χ3n) is 5.16. The number of fused-ring (bicyclic) bond motifs is 2. The van der Waals surface area contributed by atoms with E-state index in [0.717, 1.165) is 34.1 Å². The zero-order valence-electron chi connectivity index (χ0n) is 15.5. The number of nitrogens with zero attached hydrogens (tertiary/aromatic N) is 1. The maximum atomic E-state index is 12.6. The number of hydrogen-bond acceptors (Lipinski definition) is 3. The fourth-order valence-electron chi connectivity index (χ4n) is 3.70. The molecule has 1 aliphatic heterocycles. The van der Waals surface area contributed by atoms with Gasteiger partial charge in [0.2, 0.25) is 15.9 Å². The summed E-state index contributed by atoms with van der Waals surface area (Å²) in [6.45, 7) is 0.587. The number of aromatic amines is 1. The zero-order valence-corrected chi connectivity index (χ0v) is 16.3. The minimum atomic E-state index is -3.44. The molecule has 1 aromatic heterocycles. The number of benzene rings is 2. The summed E-state index contributed by atoms with van der Waals surface area (Å²) in [6, 6.07) is 15.5. The summed E-state index contributed by atoms with van der Waals surface area (Å²) < 4.78 is 26.7. The normalized spacial score (nSPS) is 13.6. The van der Waals surface area contributed by atoms with Crippen LogP contribution in [0.1, 0.15) is 17.5 Å². The Hall–Kier alpha value is -2.80. The van der Waals surface area contributed by atoms with Crippen LogP contribution in [0.2, 0.25) is 0 Å². The first-order valence-electron chi connectivity index (χ1n) is 9.44. The summed E-state index contributed by atoms with van der Waals surface area (Å²) in [6.07, 6.45) is 3.59. The van der Waals surface area contributed by atoms with Crippen molar-refractivity contribution in [3.05, 3.63) is 65.9 Å². The average molecular weight is 398 g/mol. The van der Waals surface area contributed by atoms with Crippen molar-refractivity contribution in [1.82, 2.24) is 10.3 Å². The number of nitrogens with one attached hydrogen (secondary N) is 2. The van der Waals surface area contributed by atoms with Crippen LogP contribution in [-0.4, -0.2) is 38.2 Å². The highest BCUT2D eigenvalue weighted by Gasteiger charge is 2.28. The summed E-state index contributed by atoms with van der Waals surface area (Å²) >= 11 is 0. The molecule has 146 valence electrons. The van der Waals surface area contributed by atoms with E-state index in [1.807, 2.05) is 54.7 Å². The van der Waals surface area contributed by atoms with Gasteiger partial charge in [-0.25, -0.2) is 8.42 Å². The molecule has 0 aliphatic carbocycles. The van der Waals surface area contributed by atoms with Crippen LogP contribution in [0, 0.1) is 0 Å². The Bertz CT molecular complexity index is 1100. The summed E-state index contributed by atoms with van der Waals surface area (Å²) in [5.74, 6) is -0.234. The van der Waals surface area contributed by atoms with Gasteiger partial charge in [-0.05, 0) is 36.1 Å². The number of hydrogen-bond donors (Lipinski definition) is 2. The molecule has 0 radical (unpaired) electrons. The van der Waals surface area contributed by atoms with Gasteiger partial charge in [0.25, 0.3) is 0 Å². The van der Waals surface area contributed by atoms with Crippen molar-refractivity contribution in [2.24, 2.45) is 0 Å². The molecule has 0 saturated carbocycles. The highest BCUT2D eigenvalue weighted by atomic mass is 32.2. The van der Waals surface area contributed by atoms with Crippen molar-refractivity contribution in [3.8, 4) is 0 Å². The molecule has 2 heterocycles. The van der Waals surface area contributed by atoms with E-state index >= 15 is 0 Å². The minimum absolute atomic E-state index is 0.0971. The molecule has 4 rings (SSSR count). The Kier molecular flexibility index (Phi) is 5.09. The van der Waals surface area contributed by atoms with Crippen molar-refractivity contribution in [1.29, 1.82) is 0 Å². The first kappa shape index (κ1) is 18.6. The molecule has 1 aliphatic rings. The second-order valence-corrected chi connectivity index (χ2v) is 8.99. The summed E-state index contributed by atoms with van der Waals surface area (Å²) in [4.78, 5) is 15.3. The third kappa shape index (κ3) is 3.75. The predicted octanol–water partition coefficient (Wildman–Crippen LogP) is 2.61. The number of carbonyl (C=O) groups is 1. The number of anilines is 1. The molecular weight excluding hydrogens is 374 g/mol. The number of amides is 1. The molecule has 0 bridgehead atoms. The van der Waals surface area contributed by atoms with Gasteiger partial charge in [0.1, 0.15) is 0 Å². The topological polar surface area (TPSA) is 82.3 Å². The summed E-state index contributed by atoms with van der Waals surface area (Å²) in [5, 5.41) is 3.86. The molecule has 2 N–H and O–H groups in total. The molecule has 6 nitrogen and oxygen atoms in total. The maximum absolute atomic E-state index is 12.6. The van der Waals surface area contributed by atoms with Crippen LogP contribution in [0.5, 0.6) is 0 Å². The fraction of sp³-hybridized carbons (Fsp3) is 0.286. The number of para-hydroxylation sites is 2. The van der Waals surface area contributed by atoms with Gasteiger partial charge in [-0.15, -0.1) is 0 Å². The fourth-order valence-corrected chi connectivity index (χ4v) is 5.13. The van der Waals surface area contributed by atoms with E-state index in [1.165, 1.54) is 4.31 Å². The van der Waals surface area contributed by atoms with E-state index in [4.69, 9.17) is 0 Å². The van der Waals surface area contributed by atoms with Crippen LogP contribution >= 0.6 is 0 Å². The Morgan fingerprint density at radius 3 is 2.79 bits per heavy atom. The molecule has 0 saturated heterocycles. The summed E-state index contributed by atoms with van der Waals surface area (Å²) in [7, 11) is -3.44. The number of H-pyrrole nitrogens is 1. The van der Waals surface area contributed by atoms with Gasteiger partial charge in [0.05, 0.1) is 11.4 Å². The molecule has 28 heavy (non-hydrogen) atoms. The third-order valence-corrected chi connectivity index (χ3v) is 6.93. The predicted molar refractivity (Wildman–Crippen MR) is 111 cm³/mol. The highest BCUT2D eigenvalue weighted by Crippen LogP contribution is 2.29. The van der Waals surface area contributed by atoms with Crippen LogP contribution < -0.4 is 9.62 Å². The number of aryl methyl sites for hydroxylation is 1. The lowest BCUT2D eigenvalue weighted by atomic mass is 10.1. The van der Waals surface area contributed by atoms with E-state index < -0.39 is 10.0 Å². The highest BCUT2D eigenvalue weighted by molar-refractivity contribution is 7.92. The maximum Gasteiger partial charge on any atom is 0.236 e. The van der Waals surface area contributed by atoms with E-state index in [9.17, 15) is 13.2 Å². The molecule has 0 fully saturated rings. The molecule has 7 heteroatoms. The van der Waals surface area contributed by atoms with Crippen molar-refractivity contribution in [2.45, 2.75) is 19.3 Å². The largest absolute Gasteiger partial charge is 0.361 e. The van der Waals surface area contributed by atoms with Gasteiger partial charge >= 0.3 is 0 Å². The van der Waals surface area contributed by atoms with Gasteiger partial charge in [0, 0.05) is 36.6 Å². The lowest BCUT2D eigenvalue weighted by molar-refractivity contribution is -0.120. The molecule has 0 atom stereocenters. The van der Waals surface area contributed by atoms with Crippen molar-refractivity contribution in [3.63, 3.8) is 0 Å². The van der Waals surface area contributed by atoms with Crippen LogP contribution in [0.15, 0.2) is 54.7 Å². The monoisotopic (exact) mass is 397 g/mol. The lowest BCUT2D eigenvalue weighted by Gasteiger charge is -2.19. The van der Waals surface area contributed by atoms with E-state index in [2.05, 4.69) is 10.3 Å². The molecule has 1 amide bonds. The van der Waals surface area contributed by atoms with E-state index in [1.54, 1.807) is 0 Å². The van der Waals surface area contributed by atoms with Crippen LogP contribution in [0.3, 0.4) is 0 Å². The van der Waals surface area contributed by atoms with Crippen LogP contribution in [0.4, 0.5) is 5.69 Å². The number of aromatic nitrogens is 1. The average Bonchev–Trinajstić information content (AvgIpc) is 3.31. The molecule has 3 aromatic rings. The van der Waals surface area contributed by atoms with Crippen molar-refractivity contribution in [2.75, 3.05) is 23.1 Å². The number of carbonyl (C=O) groups excluding carboxylic acids is 1. The first-order chi connectivity index (χ1) is 13.5. The molecular formula is C21H23N3O3S. The van der Waals surface area contributed by atoms with Gasteiger partial charge < -0.3 is 10.3 Å². The smallest absolute Gasteiger partial charge is 0.236 e. The van der Waals surface area contributed by atoms with Gasteiger partial charge in [-0.3, -0.25) is 9.10 Å². The van der Waals surface area contributed by atoms with Crippen LogP contribution in [0.25, 0.3) is 10.9 Å². The van der Waals surface area contributed by atoms with E-state index in [-0.39, 0.29) is 18.2 Å². The zero-order chi connectivity index (χ0) is 19.6. The van der Waals surface area contributed by atoms with Crippen LogP contribution in [-0.2, 0) is 27.7 Å². The van der Waals surface area contributed by atoms with Gasteiger partial charge in [0.15, 0.2) is 0 Å². The quantitative estimate of drug-likeness (QED) is 0.643. The standard InChI is InChI=1S/C21H23N3O3S/c25-21(10-9-17-15-23-19-7-3-2-6-18(17)19)22-12-14-28(26,27)24-13-11-16-5-1-4-8-20(16)24/h1-8,15,23H,9-14H2,(H,22,25). The molecule has 2 aromatic carbocycles. The number of sulfonamides is 1. The van der Waals surface area contributed by atoms with Gasteiger partial charge in [-0.1, -0.05) is 36.4 Å². The molecule has 0 spiro atoms. The lowest BCUT2D eigenvalue weighted by Crippen LogP contribution is -2.37. The minimum Gasteiger partial charge on any atom is -0.361 e. The van der Waals surface area contributed by atoms with Crippen molar-refractivity contribution < 1.29 is 13.2 Å². The number of rotatable bonds is 7. The second-order valence-electron chi connectivity index (χ2n) is 6.98. The summed E-state index contributed by atoms with van der Waals surface area (Å²) in [5.41, 5.74) is 3.95. The van der Waals surface area contributed by atoms with Crippen molar-refractivity contribution >= 4 is 32.5 Å². The second kappa shape index (κ2) is 7.67. The Morgan fingerprint density at radius 2 is 1.89 bits per heavy atom. The Morgan fingerprint density at radius 1 is 1.11 bits per heavy atom. The van der Waals surface area contributed by atoms with E-state index in [0.29, 0.717) is 19.4 Å². The molecule has 0 unspecified atom stereocenters. The van der Waals surface area contributed by atoms with Gasteiger partial charge in [-0.2, -0.15) is 0 Å². The Balaban J connectivity index is 1.28. The Labute approximate surface area is 164 Å². The first-order valence-corrected chi connectivity index (χ1v) is 11.1.